The van der Waals surface area contributed by atoms with Gasteiger partial charge in [-0.2, -0.15) is 0 Å². The molecule has 0 aliphatic carbocycles. The number of rotatable bonds is 10. The molecule has 0 spiro atoms. The standard InChI is InChI=1S/C22H26N2Si.C13H11B/c1-2-3-4-11-18-25-22(24-17-16-23-19-24,20-12-7-5-8-13-20)21-14-9-6-10-15-21;14-13(11-7-3-1-4-8-11)12-9-5-2-6-10-12/h5-19H,2-4,25H2,1H3;1-10,13H. The molecule has 0 unspecified atom stereocenters. The first-order valence-corrected chi connectivity index (χ1v) is 15.4. The van der Waals surface area contributed by atoms with Gasteiger partial charge in [0, 0.05) is 12.4 Å². The van der Waals surface area contributed by atoms with Crippen LogP contribution in [-0.4, -0.2) is 26.9 Å². The van der Waals surface area contributed by atoms with E-state index in [1.807, 2.05) is 48.9 Å². The predicted octanol–water partition coefficient (Wildman–Crippen LogP) is 7.45. The molecular weight excluding hydrogens is 487 g/mol. The van der Waals surface area contributed by atoms with Crippen molar-refractivity contribution in [1.82, 2.24) is 9.55 Å². The fourth-order valence-corrected chi connectivity index (χ4v) is 7.01. The Morgan fingerprint density at radius 3 is 1.69 bits per heavy atom. The maximum Gasteiger partial charge on any atom is 0.0954 e. The first-order chi connectivity index (χ1) is 19.3. The van der Waals surface area contributed by atoms with Crippen LogP contribution in [0.2, 0.25) is 0 Å². The molecule has 39 heavy (non-hydrogen) atoms. The lowest BCUT2D eigenvalue weighted by atomic mass is 9.76. The molecule has 4 aromatic carbocycles. The summed E-state index contributed by atoms with van der Waals surface area (Å²) in [4.78, 5) is 4.36. The molecule has 2 radical (unpaired) electrons. The largest absolute Gasteiger partial charge is 0.326 e. The second-order valence-corrected chi connectivity index (χ2v) is 11.6. The van der Waals surface area contributed by atoms with Gasteiger partial charge in [-0.25, -0.2) is 4.98 Å². The molecule has 0 saturated heterocycles. The number of nitrogens with zero attached hydrogens (tertiary/aromatic N) is 2. The quantitative estimate of drug-likeness (QED) is 0.137. The van der Waals surface area contributed by atoms with Crippen molar-refractivity contribution in [3.05, 3.63) is 174 Å². The van der Waals surface area contributed by atoms with Crippen molar-refractivity contribution in [3.8, 4) is 0 Å². The Morgan fingerprint density at radius 1 is 0.769 bits per heavy atom. The van der Waals surface area contributed by atoms with E-state index in [0.717, 1.165) is 11.1 Å². The van der Waals surface area contributed by atoms with Crippen molar-refractivity contribution in [2.45, 2.75) is 37.2 Å². The van der Waals surface area contributed by atoms with Crippen LogP contribution in [0.5, 0.6) is 0 Å². The minimum Gasteiger partial charge on any atom is -0.326 e. The average molecular weight is 525 g/mol. The van der Waals surface area contributed by atoms with Crippen molar-refractivity contribution in [2.24, 2.45) is 0 Å². The molecular formula is C35H37BN2Si. The second kappa shape index (κ2) is 14.9. The number of imidazole rings is 1. The molecule has 4 heteroatoms. The van der Waals surface area contributed by atoms with Gasteiger partial charge in [0.2, 0.25) is 0 Å². The molecule has 1 heterocycles. The molecule has 0 saturated carbocycles. The highest BCUT2D eigenvalue weighted by molar-refractivity contribution is 6.47. The topological polar surface area (TPSA) is 17.8 Å². The van der Waals surface area contributed by atoms with Gasteiger partial charge in [-0.1, -0.05) is 147 Å². The lowest BCUT2D eigenvalue weighted by molar-refractivity contribution is 0.596. The zero-order valence-electron chi connectivity index (χ0n) is 22.8. The van der Waals surface area contributed by atoms with Crippen molar-refractivity contribution < 1.29 is 0 Å². The monoisotopic (exact) mass is 524 g/mol. The molecule has 0 fully saturated rings. The van der Waals surface area contributed by atoms with Gasteiger partial charge in [-0.15, -0.1) is 5.70 Å². The highest BCUT2D eigenvalue weighted by Gasteiger charge is 2.34. The third kappa shape index (κ3) is 7.36. The van der Waals surface area contributed by atoms with Gasteiger partial charge in [-0.05, 0) is 34.5 Å². The normalized spacial score (nSPS) is 11.6. The molecule has 194 valence electrons. The van der Waals surface area contributed by atoms with Gasteiger partial charge in [0.25, 0.3) is 0 Å². The molecule has 0 bridgehead atoms. The van der Waals surface area contributed by atoms with E-state index in [1.54, 1.807) is 0 Å². The van der Waals surface area contributed by atoms with E-state index in [2.05, 4.69) is 119 Å². The number of aromatic nitrogens is 2. The van der Waals surface area contributed by atoms with Crippen LogP contribution in [0.3, 0.4) is 0 Å². The molecule has 0 aliphatic heterocycles. The Hall–Kier alpha value is -3.89. The molecule has 5 aromatic rings. The van der Waals surface area contributed by atoms with Gasteiger partial charge in [0.15, 0.2) is 0 Å². The molecule has 2 nitrogen and oxygen atoms in total. The fourth-order valence-electron chi connectivity index (χ4n) is 4.93. The van der Waals surface area contributed by atoms with Crippen molar-refractivity contribution in [3.63, 3.8) is 0 Å². The summed E-state index contributed by atoms with van der Waals surface area (Å²) in [5.41, 5.74) is 7.45. The van der Waals surface area contributed by atoms with Crippen LogP contribution >= 0.6 is 0 Å². The summed E-state index contributed by atoms with van der Waals surface area (Å²) in [6, 6.07) is 42.0. The van der Waals surface area contributed by atoms with Gasteiger partial charge in [0.1, 0.15) is 0 Å². The molecule has 0 N–H and O–H groups in total. The Kier molecular flexibility index (Phi) is 10.7. The first-order valence-electron chi connectivity index (χ1n) is 13.9. The maximum atomic E-state index is 6.12. The third-order valence-corrected chi connectivity index (χ3v) is 9.41. The highest BCUT2D eigenvalue weighted by atomic mass is 28.2. The Morgan fingerprint density at radius 2 is 1.26 bits per heavy atom. The molecule has 1 aromatic heterocycles. The fraction of sp³-hybridized carbons (Fsp3) is 0.171. The summed E-state index contributed by atoms with van der Waals surface area (Å²) in [5.74, 6) is -0.0163. The lowest BCUT2D eigenvalue weighted by Gasteiger charge is -2.36. The van der Waals surface area contributed by atoms with Crippen LogP contribution < -0.4 is 0 Å². The van der Waals surface area contributed by atoms with Crippen LogP contribution in [0.25, 0.3) is 0 Å². The van der Waals surface area contributed by atoms with E-state index in [0.29, 0.717) is 0 Å². The number of allylic oxidation sites excluding steroid dienone is 1. The van der Waals surface area contributed by atoms with Gasteiger partial charge in [-0.3, -0.25) is 0 Å². The van der Waals surface area contributed by atoms with Gasteiger partial charge >= 0.3 is 0 Å². The van der Waals surface area contributed by atoms with E-state index >= 15 is 0 Å². The Balaban J connectivity index is 0.000000212. The van der Waals surface area contributed by atoms with Crippen LogP contribution in [0, 0.1) is 0 Å². The lowest BCUT2D eigenvalue weighted by Crippen LogP contribution is -2.41. The van der Waals surface area contributed by atoms with E-state index in [9.17, 15) is 0 Å². The molecule has 0 amide bonds. The van der Waals surface area contributed by atoms with Crippen LogP contribution in [0.15, 0.2) is 152 Å². The minimum atomic E-state index is -0.633. The SMILES string of the molecule is CCCCC=C[SiH2]C(c1ccccc1)(c1ccccc1)n1ccnc1.[B]C(c1ccccc1)c1ccccc1. The van der Waals surface area contributed by atoms with Crippen LogP contribution in [-0.2, 0) is 5.16 Å². The molecule has 0 atom stereocenters. The van der Waals surface area contributed by atoms with Gasteiger partial charge in [0.05, 0.1) is 28.9 Å². The Bertz CT molecular complexity index is 1280. The van der Waals surface area contributed by atoms with Crippen LogP contribution in [0.4, 0.5) is 0 Å². The second-order valence-electron chi connectivity index (χ2n) is 9.68. The summed E-state index contributed by atoms with van der Waals surface area (Å²) in [5, 5.41) is -0.137. The molecule has 5 rings (SSSR count). The third-order valence-electron chi connectivity index (χ3n) is 7.07. The minimum absolute atomic E-state index is 0.0163. The first kappa shape index (κ1) is 28.1. The van der Waals surface area contributed by atoms with E-state index < -0.39 is 9.52 Å². The van der Waals surface area contributed by atoms with Gasteiger partial charge < -0.3 is 4.57 Å². The smallest absolute Gasteiger partial charge is 0.0954 e. The van der Waals surface area contributed by atoms with Crippen LogP contribution in [0.1, 0.15) is 54.3 Å². The summed E-state index contributed by atoms with van der Waals surface area (Å²) in [7, 11) is 5.48. The van der Waals surface area contributed by atoms with E-state index in [-0.39, 0.29) is 11.0 Å². The molecule has 0 aliphatic rings. The number of benzene rings is 4. The highest BCUT2D eigenvalue weighted by Crippen LogP contribution is 2.33. The van der Waals surface area contributed by atoms with Crippen molar-refractivity contribution in [2.75, 3.05) is 0 Å². The van der Waals surface area contributed by atoms with E-state index in [1.165, 1.54) is 30.4 Å². The Labute approximate surface area is 237 Å². The summed E-state index contributed by atoms with van der Waals surface area (Å²) >= 11 is 0. The predicted molar refractivity (Wildman–Crippen MR) is 169 cm³/mol. The average Bonchev–Trinajstić information content (AvgIpc) is 3.56. The van der Waals surface area contributed by atoms with Crippen molar-refractivity contribution >= 4 is 17.4 Å². The van der Waals surface area contributed by atoms with E-state index in [4.69, 9.17) is 7.85 Å². The number of hydrogen-bond acceptors (Lipinski definition) is 1. The summed E-state index contributed by atoms with van der Waals surface area (Å²) < 4.78 is 2.30. The number of unbranched alkanes of at least 4 members (excludes halogenated alkanes) is 2. The zero-order valence-corrected chi connectivity index (χ0v) is 24.2. The number of hydrogen-bond donors (Lipinski definition) is 0. The summed E-state index contributed by atoms with van der Waals surface area (Å²) in [6.07, 6.45) is 12.0. The zero-order chi connectivity index (χ0) is 27.2. The van der Waals surface area contributed by atoms with Crippen molar-refractivity contribution in [1.29, 1.82) is 0 Å². The maximum absolute atomic E-state index is 6.12. The summed E-state index contributed by atoms with van der Waals surface area (Å²) in [6.45, 7) is 2.25.